The highest BCUT2D eigenvalue weighted by atomic mass is 16.5. The van der Waals surface area contributed by atoms with Crippen molar-refractivity contribution in [2.24, 2.45) is 0 Å². The van der Waals surface area contributed by atoms with Gasteiger partial charge >= 0.3 is 5.97 Å². The Hall–Kier alpha value is -1.84. The van der Waals surface area contributed by atoms with E-state index in [1.165, 1.54) is 7.11 Å². The van der Waals surface area contributed by atoms with Crippen LogP contribution in [-0.2, 0) is 14.3 Å². The maximum atomic E-state index is 12.2. The van der Waals surface area contributed by atoms with Gasteiger partial charge in [-0.3, -0.25) is 9.69 Å². The number of anilines is 1. The Bertz CT molecular complexity index is 510. The first kappa shape index (κ1) is 13.6. The van der Waals surface area contributed by atoms with Gasteiger partial charge in [-0.15, -0.1) is 0 Å². The lowest BCUT2D eigenvalue weighted by molar-refractivity contribution is -0.144. The van der Waals surface area contributed by atoms with Gasteiger partial charge in [-0.25, -0.2) is 4.79 Å². The number of carbonyl (C=O) groups excluding carboxylic acids is 2. The molecule has 2 rings (SSSR count). The molecule has 1 aromatic carbocycles. The molecule has 0 aromatic heterocycles. The van der Waals surface area contributed by atoms with E-state index in [1.54, 1.807) is 4.90 Å². The molecule has 0 radical (unpaired) electrons. The molecular formula is C15H19NO3. The SMILES string of the molecule is COC(=O)C1CCCC(=O)N1c1cc(C)ccc1C. The first-order chi connectivity index (χ1) is 9.04. The number of benzene rings is 1. The van der Waals surface area contributed by atoms with Crippen LogP contribution >= 0.6 is 0 Å². The Morgan fingerprint density at radius 3 is 2.79 bits per heavy atom. The molecule has 1 amide bonds. The van der Waals surface area contributed by atoms with E-state index in [4.69, 9.17) is 4.74 Å². The second kappa shape index (κ2) is 5.43. The number of hydrogen-bond acceptors (Lipinski definition) is 3. The highest BCUT2D eigenvalue weighted by Gasteiger charge is 2.35. The molecule has 0 spiro atoms. The van der Waals surface area contributed by atoms with Gasteiger partial charge in [-0.2, -0.15) is 0 Å². The van der Waals surface area contributed by atoms with Crippen molar-refractivity contribution >= 4 is 17.6 Å². The number of carbonyl (C=O) groups is 2. The average Bonchev–Trinajstić information content (AvgIpc) is 2.40. The van der Waals surface area contributed by atoms with Crippen molar-refractivity contribution in [1.82, 2.24) is 0 Å². The van der Waals surface area contributed by atoms with E-state index >= 15 is 0 Å². The molecule has 1 unspecified atom stereocenters. The molecule has 1 aliphatic heterocycles. The minimum Gasteiger partial charge on any atom is -0.467 e. The summed E-state index contributed by atoms with van der Waals surface area (Å²) in [7, 11) is 1.36. The monoisotopic (exact) mass is 261 g/mol. The van der Waals surface area contributed by atoms with Crippen LogP contribution in [0.25, 0.3) is 0 Å². The molecule has 19 heavy (non-hydrogen) atoms. The fraction of sp³-hybridized carbons (Fsp3) is 0.467. The molecule has 1 atom stereocenters. The Labute approximate surface area is 113 Å². The van der Waals surface area contributed by atoms with Crippen molar-refractivity contribution in [3.05, 3.63) is 29.3 Å². The molecule has 4 heteroatoms. The van der Waals surface area contributed by atoms with E-state index < -0.39 is 6.04 Å². The number of amides is 1. The topological polar surface area (TPSA) is 46.6 Å². The summed E-state index contributed by atoms with van der Waals surface area (Å²) in [6, 6.07) is 5.43. The fourth-order valence-electron chi connectivity index (χ4n) is 2.51. The molecule has 0 N–H and O–H groups in total. The zero-order valence-electron chi connectivity index (χ0n) is 11.6. The summed E-state index contributed by atoms with van der Waals surface area (Å²) in [5, 5.41) is 0. The third-order valence-electron chi connectivity index (χ3n) is 3.55. The van der Waals surface area contributed by atoms with Gasteiger partial charge in [0.25, 0.3) is 0 Å². The Kier molecular flexibility index (Phi) is 3.88. The zero-order valence-corrected chi connectivity index (χ0v) is 11.6. The molecule has 4 nitrogen and oxygen atoms in total. The summed E-state index contributed by atoms with van der Waals surface area (Å²) in [6.07, 6.45) is 1.88. The number of nitrogens with zero attached hydrogens (tertiary/aromatic N) is 1. The lowest BCUT2D eigenvalue weighted by Gasteiger charge is -2.34. The standard InChI is InChI=1S/C15H19NO3/c1-10-7-8-11(2)13(9-10)16-12(15(18)19-3)5-4-6-14(16)17/h7-9,12H,4-6H2,1-3H3. The van der Waals surface area contributed by atoms with Crippen molar-refractivity contribution in [3.8, 4) is 0 Å². The normalized spacial score (nSPS) is 19.4. The van der Waals surface area contributed by atoms with Crippen LogP contribution < -0.4 is 4.90 Å². The molecule has 0 bridgehead atoms. The second-order valence-electron chi connectivity index (χ2n) is 4.98. The maximum absolute atomic E-state index is 12.2. The summed E-state index contributed by atoms with van der Waals surface area (Å²) in [5.74, 6) is -0.343. The van der Waals surface area contributed by atoms with Crippen molar-refractivity contribution in [2.75, 3.05) is 12.0 Å². The van der Waals surface area contributed by atoms with Crippen LogP contribution in [0.4, 0.5) is 5.69 Å². The van der Waals surface area contributed by atoms with Crippen LogP contribution in [-0.4, -0.2) is 25.0 Å². The molecule has 0 saturated carbocycles. The van der Waals surface area contributed by atoms with Gasteiger partial charge in [-0.05, 0) is 43.9 Å². The largest absolute Gasteiger partial charge is 0.467 e. The van der Waals surface area contributed by atoms with E-state index in [-0.39, 0.29) is 11.9 Å². The van der Waals surface area contributed by atoms with Gasteiger partial charge in [-0.1, -0.05) is 12.1 Å². The quantitative estimate of drug-likeness (QED) is 0.768. The highest BCUT2D eigenvalue weighted by molar-refractivity contribution is 6.01. The van der Waals surface area contributed by atoms with Crippen LogP contribution in [0.3, 0.4) is 0 Å². The third-order valence-corrected chi connectivity index (χ3v) is 3.55. The predicted octanol–water partition coefficient (Wildman–Crippen LogP) is 2.36. The van der Waals surface area contributed by atoms with Crippen LogP contribution in [0.5, 0.6) is 0 Å². The second-order valence-corrected chi connectivity index (χ2v) is 4.98. The first-order valence-electron chi connectivity index (χ1n) is 6.51. The van der Waals surface area contributed by atoms with Gasteiger partial charge in [0, 0.05) is 12.1 Å². The molecule has 1 aliphatic rings. The van der Waals surface area contributed by atoms with E-state index in [0.717, 1.165) is 23.2 Å². The number of aryl methyl sites for hydroxylation is 2. The molecule has 1 fully saturated rings. The van der Waals surface area contributed by atoms with Gasteiger partial charge < -0.3 is 4.74 Å². The van der Waals surface area contributed by atoms with E-state index in [9.17, 15) is 9.59 Å². The van der Waals surface area contributed by atoms with Crippen molar-refractivity contribution in [3.63, 3.8) is 0 Å². The van der Waals surface area contributed by atoms with Crippen molar-refractivity contribution < 1.29 is 14.3 Å². The summed E-state index contributed by atoms with van der Waals surface area (Å²) in [6.45, 7) is 3.93. The number of hydrogen-bond donors (Lipinski definition) is 0. The number of piperidine rings is 1. The van der Waals surface area contributed by atoms with Crippen LogP contribution in [0.1, 0.15) is 30.4 Å². The fourth-order valence-corrected chi connectivity index (χ4v) is 2.51. The smallest absolute Gasteiger partial charge is 0.328 e. The molecule has 102 valence electrons. The van der Waals surface area contributed by atoms with Crippen LogP contribution in [0, 0.1) is 13.8 Å². The predicted molar refractivity (Wildman–Crippen MR) is 73.1 cm³/mol. The molecule has 1 heterocycles. The molecular weight excluding hydrogens is 242 g/mol. The number of rotatable bonds is 2. The Balaban J connectivity index is 2.44. The van der Waals surface area contributed by atoms with E-state index in [2.05, 4.69) is 0 Å². The van der Waals surface area contributed by atoms with Gasteiger partial charge in [0.15, 0.2) is 0 Å². The van der Waals surface area contributed by atoms with Crippen LogP contribution in [0.15, 0.2) is 18.2 Å². The zero-order chi connectivity index (χ0) is 14.0. The van der Waals surface area contributed by atoms with Gasteiger partial charge in [0.1, 0.15) is 6.04 Å². The highest BCUT2D eigenvalue weighted by Crippen LogP contribution is 2.29. The van der Waals surface area contributed by atoms with Crippen LogP contribution in [0.2, 0.25) is 0 Å². The maximum Gasteiger partial charge on any atom is 0.328 e. The van der Waals surface area contributed by atoms with Gasteiger partial charge in [0.2, 0.25) is 5.91 Å². The minimum absolute atomic E-state index is 0.00431. The summed E-state index contributed by atoms with van der Waals surface area (Å²) in [5.41, 5.74) is 2.89. The van der Waals surface area contributed by atoms with Crippen molar-refractivity contribution in [2.45, 2.75) is 39.2 Å². The molecule has 0 aliphatic carbocycles. The third kappa shape index (κ3) is 2.62. The lowest BCUT2D eigenvalue weighted by atomic mass is 9.98. The van der Waals surface area contributed by atoms with E-state index in [1.807, 2.05) is 32.0 Å². The Morgan fingerprint density at radius 1 is 1.37 bits per heavy atom. The summed E-state index contributed by atoms with van der Waals surface area (Å²) < 4.78 is 4.83. The minimum atomic E-state index is -0.494. The van der Waals surface area contributed by atoms with E-state index in [0.29, 0.717) is 12.8 Å². The van der Waals surface area contributed by atoms with Crippen molar-refractivity contribution in [1.29, 1.82) is 0 Å². The molecule has 1 saturated heterocycles. The number of esters is 1. The Morgan fingerprint density at radius 2 is 2.11 bits per heavy atom. The average molecular weight is 261 g/mol. The summed E-state index contributed by atoms with van der Waals surface area (Å²) in [4.78, 5) is 25.7. The molecule has 1 aromatic rings. The first-order valence-corrected chi connectivity index (χ1v) is 6.51. The van der Waals surface area contributed by atoms with Gasteiger partial charge in [0.05, 0.1) is 7.11 Å². The number of methoxy groups -OCH3 is 1. The lowest BCUT2D eigenvalue weighted by Crippen LogP contribution is -2.49. The summed E-state index contributed by atoms with van der Waals surface area (Å²) >= 11 is 0. The number of ether oxygens (including phenoxy) is 1.